The molecule has 2 aromatic rings. The van der Waals surface area contributed by atoms with Crippen LogP contribution in [0.4, 0.5) is 5.82 Å². The second-order valence-corrected chi connectivity index (χ2v) is 8.76. The minimum absolute atomic E-state index is 0.0168. The maximum atomic E-state index is 12.8. The van der Waals surface area contributed by atoms with Gasteiger partial charge in [-0.15, -0.1) is 0 Å². The quantitative estimate of drug-likeness (QED) is 0.694. The second-order valence-electron chi connectivity index (χ2n) is 6.82. The monoisotopic (exact) mass is 417 g/mol. The van der Waals surface area contributed by atoms with Gasteiger partial charge in [-0.1, -0.05) is 12.1 Å². The third kappa shape index (κ3) is 4.90. The lowest BCUT2D eigenvalue weighted by Gasteiger charge is -2.26. The number of rotatable bonds is 6. The van der Waals surface area contributed by atoms with Crippen LogP contribution in [-0.4, -0.2) is 63.3 Å². The predicted octanol–water partition coefficient (Wildman–Crippen LogP) is 0.198. The van der Waals surface area contributed by atoms with Gasteiger partial charge in [0, 0.05) is 45.5 Å². The lowest BCUT2D eigenvalue weighted by Crippen LogP contribution is -2.49. The number of hydrogen-bond acceptors (Lipinski definition) is 6. The molecule has 1 fully saturated rings. The number of hydrogen-bond donors (Lipinski definition) is 2. The van der Waals surface area contributed by atoms with Crippen molar-refractivity contribution in [3.8, 4) is 0 Å². The zero-order valence-electron chi connectivity index (χ0n) is 16.3. The first-order chi connectivity index (χ1) is 13.8. The summed E-state index contributed by atoms with van der Waals surface area (Å²) in [5.74, 6) is 0.0714. The topological polar surface area (TPSA) is 112 Å². The van der Waals surface area contributed by atoms with E-state index in [9.17, 15) is 18.0 Å². The van der Waals surface area contributed by atoms with Crippen molar-refractivity contribution in [2.75, 3.05) is 38.6 Å². The van der Waals surface area contributed by atoms with Crippen molar-refractivity contribution in [1.82, 2.24) is 19.9 Å². The van der Waals surface area contributed by atoms with E-state index in [1.165, 1.54) is 18.2 Å². The SMILES string of the molecule is CN(C)c1ccc(CNC(=O)c2cccc(S(=O)(=O)N3CCNC(=O)C3)c2)cn1. The van der Waals surface area contributed by atoms with Crippen molar-refractivity contribution in [2.45, 2.75) is 11.4 Å². The molecule has 0 saturated carbocycles. The number of amides is 2. The van der Waals surface area contributed by atoms with Crippen LogP contribution in [0.5, 0.6) is 0 Å². The number of piperazine rings is 1. The lowest BCUT2D eigenvalue weighted by atomic mass is 10.2. The van der Waals surface area contributed by atoms with Crippen LogP contribution in [0.2, 0.25) is 0 Å². The van der Waals surface area contributed by atoms with Gasteiger partial charge in [-0.05, 0) is 29.8 Å². The van der Waals surface area contributed by atoms with Crippen LogP contribution in [-0.2, 0) is 21.4 Å². The highest BCUT2D eigenvalue weighted by atomic mass is 32.2. The Balaban J connectivity index is 1.69. The predicted molar refractivity (Wildman–Crippen MR) is 108 cm³/mol. The number of aromatic nitrogens is 1. The van der Waals surface area contributed by atoms with Crippen molar-refractivity contribution in [2.24, 2.45) is 0 Å². The molecule has 1 saturated heterocycles. The highest BCUT2D eigenvalue weighted by Crippen LogP contribution is 2.18. The van der Waals surface area contributed by atoms with E-state index in [0.29, 0.717) is 0 Å². The molecule has 2 N–H and O–H groups in total. The number of anilines is 1. The van der Waals surface area contributed by atoms with E-state index in [1.54, 1.807) is 12.3 Å². The van der Waals surface area contributed by atoms with Crippen LogP contribution < -0.4 is 15.5 Å². The van der Waals surface area contributed by atoms with Crippen molar-refractivity contribution in [1.29, 1.82) is 0 Å². The zero-order valence-corrected chi connectivity index (χ0v) is 17.1. The highest BCUT2D eigenvalue weighted by Gasteiger charge is 2.29. The number of carbonyl (C=O) groups excluding carboxylic acids is 2. The Morgan fingerprint density at radius 1 is 1.28 bits per heavy atom. The summed E-state index contributed by atoms with van der Waals surface area (Å²) in [7, 11) is -0.0731. The van der Waals surface area contributed by atoms with Crippen LogP contribution in [0.3, 0.4) is 0 Å². The Hall–Kier alpha value is -2.98. The molecule has 1 aromatic carbocycles. The van der Waals surface area contributed by atoms with Gasteiger partial charge in [0.2, 0.25) is 15.9 Å². The van der Waals surface area contributed by atoms with Crippen molar-refractivity contribution >= 4 is 27.7 Å². The van der Waals surface area contributed by atoms with Gasteiger partial charge < -0.3 is 15.5 Å². The molecule has 1 aromatic heterocycles. The molecule has 1 aliphatic rings. The fraction of sp³-hybridized carbons (Fsp3) is 0.316. The third-order valence-electron chi connectivity index (χ3n) is 4.46. The van der Waals surface area contributed by atoms with Gasteiger partial charge in [-0.25, -0.2) is 13.4 Å². The van der Waals surface area contributed by atoms with E-state index in [0.717, 1.165) is 15.7 Å². The summed E-state index contributed by atoms with van der Waals surface area (Å²) < 4.78 is 26.7. The number of carbonyl (C=O) groups is 2. The first-order valence-electron chi connectivity index (χ1n) is 9.05. The minimum Gasteiger partial charge on any atom is -0.363 e. The van der Waals surface area contributed by atoms with E-state index >= 15 is 0 Å². The molecule has 2 amide bonds. The molecule has 0 atom stereocenters. The Bertz CT molecular complexity index is 1010. The Kier molecular flexibility index (Phi) is 6.14. The standard InChI is InChI=1S/C19H23N5O4S/c1-23(2)17-7-6-14(11-21-17)12-22-19(26)15-4-3-5-16(10-15)29(27,28)24-9-8-20-18(25)13-24/h3-7,10-11H,8-9,12-13H2,1-2H3,(H,20,25)(H,22,26). The second kappa shape index (κ2) is 8.58. The third-order valence-corrected chi connectivity index (χ3v) is 6.30. The summed E-state index contributed by atoms with van der Waals surface area (Å²) in [6, 6.07) is 9.52. The summed E-state index contributed by atoms with van der Waals surface area (Å²) >= 11 is 0. The minimum atomic E-state index is -3.85. The van der Waals surface area contributed by atoms with Crippen molar-refractivity contribution in [3.05, 3.63) is 53.7 Å². The van der Waals surface area contributed by atoms with Gasteiger partial charge in [0.1, 0.15) is 5.82 Å². The van der Waals surface area contributed by atoms with Gasteiger partial charge in [0.15, 0.2) is 0 Å². The van der Waals surface area contributed by atoms with Crippen LogP contribution in [0.1, 0.15) is 15.9 Å². The lowest BCUT2D eigenvalue weighted by molar-refractivity contribution is -0.122. The van der Waals surface area contributed by atoms with Gasteiger partial charge in [-0.2, -0.15) is 4.31 Å². The molecule has 1 aliphatic heterocycles. The van der Waals surface area contributed by atoms with Crippen LogP contribution in [0, 0.1) is 0 Å². The summed E-state index contributed by atoms with van der Waals surface area (Å²) in [4.78, 5) is 30.2. The van der Waals surface area contributed by atoms with Gasteiger partial charge in [-0.3, -0.25) is 9.59 Å². The molecule has 0 unspecified atom stereocenters. The van der Waals surface area contributed by atoms with Crippen LogP contribution in [0.25, 0.3) is 0 Å². The first kappa shape index (κ1) is 20.7. The molecular formula is C19H23N5O4S. The first-order valence-corrected chi connectivity index (χ1v) is 10.5. The Morgan fingerprint density at radius 3 is 2.72 bits per heavy atom. The smallest absolute Gasteiger partial charge is 0.251 e. The largest absolute Gasteiger partial charge is 0.363 e. The van der Waals surface area contributed by atoms with E-state index in [-0.39, 0.29) is 42.5 Å². The summed E-state index contributed by atoms with van der Waals surface area (Å²) in [6.07, 6.45) is 1.68. The number of benzene rings is 1. The molecule has 0 radical (unpaired) electrons. The number of nitrogens with zero attached hydrogens (tertiary/aromatic N) is 3. The van der Waals surface area contributed by atoms with Crippen molar-refractivity contribution < 1.29 is 18.0 Å². The molecule has 0 aliphatic carbocycles. The maximum absolute atomic E-state index is 12.8. The van der Waals surface area contributed by atoms with E-state index in [2.05, 4.69) is 15.6 Å². The Morgan fingerprint density at radius 2 is 2.07 bits per heavy atom. The number of nitrogens with one attached hydrogen (secondary N) is 2. The normalized spacial score (nSPS) is 14.9. The highest BCUT2D eigenvalue weighted by molar-refractivity contribution is 7.89. The average Bonchev–Trinajstić information content (AvgIpc) is 2.72. The van der Waals surface area contributed by atoms with Gasteiger partial charge >= 0.3 is 0 Å². The fourth-order valence-corrected chi connectivity index (χ4v) is 4.28. The average molecular weight is 417 g/mol. The molecule has 0 spiro atoms. The van der Waals surface area contributed by atoms with Crippen LogP contribution >= 0.6 is 0 Å². The molecule has 9 nitrogen and oxygen atoms in total. The molecule has 154 valence electrons. The molecule has 29 heavy (non-hydrogen) atoms. The Labute approximate surface area is 169 Å². The summed E-state index contributed by atoms with van der Waals surface area (Å²) in [6.45, 7) is 0.497. The summed E-state index contributed by atoms with van der Waals surface area (Å²) in [5, 5.41) is 5.35. The zero-order chi connectivity index (χ0) is 21.0. The van der Waals surface area contributed by atoms with Gasteiger partial charge in [0.25, 0.3) is 5.91 Å². The molecular weight excluding hydrogens is 394 g/mol. The maximum Gasteiger partial charge on any atom is 0.251 e. The molecule has 3 rings (SSSR count). The van der Waals surface area contributed by atoms with Crippen LogP contribution in [0.15, 0.2) is 47.5 Å². The van der Waals surface area contributed by atoms with E-state index in [1.807, 2.05) is 31.1 Å². The van der Waals surface area contributed by atoms with E-state index < -0.39 is 15.9 Å². The number of pyridine rings is 1. The summed E-state index contributed by atoms with van der Waals surface area (Å²) in [5.41, 5.74) is 1.05. The molecule has 2 heterocycles. The number of sulfonamides is 1. The van der Waals surface area contributed by atoms with E-state index in [4.69, 9.17) is 0 Å². The molecule has 10 heteroatoms. The van der Waals surface area contributed by atoms with Gasteiger partial charge in [0.05, 0.1) is 11.4 Å². The molecule has 0 bridgehead atoms. The fourth-order valence-electron chi connectivity index (χ4n) is 2.84. The van der Waals surface area contributed by atoms with Crippen molar-refractivity contribution in [3.63, 3.8) is 0 Å².